The molecule has 0 unspecified atom stereocenters. The first-order valence-electron chi connectivity index (χ1n) is 8.39. The lowest BCUT2D eigenvalue weighted by Crippen LogP contribution is -2.10. The van der Waals surface area contributed by atoms with Gasteiger partial charge in [-0.05, 0) is 50.1 Å². The number of benzene rings is 1. The minimum Gasteiger partial charge on any atom is -0.427 e. The molecule has 2 rings (SSSR count). The van der Waals surface area contributed by atoms with Crippen molar-refractivity contribution in [2.75, 3.05) is 5.32 Å². The Labute approximate surface area is 152 Å². The summed E-state index contributed by atoms with van der Waals surface area (Å²) in [5, 5.41) is 15.8. The first-order chi connectivity index (χ1) is 12.4. The molecule has 0 saturated heterocycles. The van der Waals surface area contributed by atoms with E-state index in [0.29, 0.717) is 30.8 Å². The predicted molar refractivity (Wildman–Crippen MR) is 96.6 cm³/mol. The van der Waals surface area contributed by atoms with Gasteiger partial charge in [0.1, 0.15) is 5.75 Å². The molecular weight excluding hydrogens is 332 g/mol. The Morgan fingerprint density at radius 3 is 2.58 bits per heavy atom. The summed E-state index contributed by atoms with van der Waals surface area (Å²) in [6.07, 6.45) is 1.17. The van der Waals surface area contributed by atoms with Gasteiger partial charge in [-0.25, -0.2) is 0 Å². The number of ether oxygens (including phenoxy) is 1. The van der Waals surface area contributed by atoms with Gasteiger partial charge in [0.05, 0.1) is 31.1 Å². The summed E-state index contributed by atoms with van der Waals surface area (Å²) in [5.41, 5.74) is 3.51. The summed E-state index contributed by atoms with van der Waals surface area (Å²) in [5.74, 6) is -0.0566. The predicted octanol–water partition coefficient (Wildman–Crippen LogP) is 2.91. The number of aromatic nitrogens is 2. The molecule has 136 valence electrons. The molecular formula is C19H22N4O3. The van der Waals surface area contributed by atoms with E-state index in [-0.39, 0.29) is 18.3 Å². The van der Waals surface area contributed by atoms with Crippen molar-refractivity contribution in [3.8, 4) is 11.8 Å². The van der Waals surface area contributed by atoms with Crippen molar-refractivity contribution in [2.24, 2.45) is 0 Å². The number of nitriles is 1. The van der Waals surface area contributed by atoms with Crippen LogP contribution >= 0.6 is 0 Å². The van der Waals surface area contributed by atoms with E-state index in [9.17, 15) is 9.59 Å². The van der Waals surface area contributed by atoms with Crippen molar-refractivity contribution >= 4 is 17.6 Å². The fraction of sp³-hybridized carbons (Fsp3) is 0.368. The van der Waals surface area contributed by atoms with E-state index < -0.39 is 0 Å². The van der Waals surface area contributed by atoms with Gasteiger partial charge >= 0.3 is 5.97 Å². The largest absolute Gasteiger partial charge is 0.427 e. The van der Waals surface area contributed by atoms with Crippen molar-refractivity contribution in [3.63, 3.8) is 0 Å². The van der Waals surface area contributed by atoms with Crippen LogP contribution in [0, 0.1) is 25.2 Å². The summed E-state index contributed by atoms with van der Waals surface area (Å²) >= 11 is 0. The van der Waals surface area contributed by atoms with E-state index >= 15 is 0 Å². The third-order valence-electron chi connectivity index (χ3n) is 3.95. The molecule has 7 nitrogen and oxygen atoms in total. The van der Waals surface area contributed by atoms with Crippen LogP contribution in [0.5, 0.6) is 5.75 Å². The molecule has 0 aliphatic heterocycles. The lowest BCUT2D eigenvalue weighted by Gasteiger charge is -2.07. The number of hydrogen-bond acceptors (Lipinski definition) is 5. The van der Waals surface area contributed by atoms with Gasteiger partial charge in [0, 0.05) is 18.3 Å². The van der Waals surface area contributed by atoms with Gasteiger partial charge in [0.25, 0.3) is 0 Å². The molecule has 26 heavy (non-hydrogen) atoms. The van der Waals surface area contributed by atoms with Gasteiger partial charge in [0.2, 0.25) is 5.91 Å². The molecule has 2 aromatic rings. The minimum atomic E-state index is -0.333. The van der Waals surface area contributed by atoms with E-state index in [1.54, 1.807) is 28.9 Å². The van der Waals surface area contributed by atoms with E-state index in [2.05, 4.69) is 16.5 Å². The third kappa shape index (κ3) is 5.18. The zero-order chi connectivity index (χ0) is 19.1. The van der Waals surface area contributed by atoms with Crippen LogP contribution in [0.25, 0.3) is 0 Å². The quantitative estimate of drug-likeness (QED) is 0.609. The van der Waals surface area contributed by atoms with Gasteiger partial charge in [-0.15, -0.1) is 0 Å². The van der Waals surface area contributed by atoms with E-state index in [1.807, 2.05) is 13.8 Å². The number of carbonyl (C=O) groups is 2. The Kier molecular flexibility index (Phi) is 6.50. The van der Waals surface area contributed by atoms with Crippen molar-refractivity contribution in [3.05, 3.63) is 41.2 Å². The zero-order valence-corrected chi connectivity index (χ0v) is 15.2. The number of nitrogens with one attached hydrogen (secondary N) is 1. The number of hydrogen-bond donors (Lipinski definition) is 1. The first-order valence-corrected chi connectivity index (χ1v) is 8.39. The maximum absolute atomic E-state index is 12.1. The molecule has 0 radical (unpaired) electrons. The molecule has 0 bridgehead atoms. The van der Waals surface area contributed by atoms with Crippen LogP contribution in [-0.4, -0.2) is 21.7 Å². The molecule has 1 N–H and O–H groups in total. The van der Waals surface area contributed by atoms with Crippen molar-refractivity contribution in [1.29, 1.82) is 5.26 Å². The Hall–Kier alpha value is -3.14. The van der Waals surface area contributed by atoms with Crippen molar-refractivity contribution < 1.29 is 14.3 Å². The van der Waals surface area contributed by atoms with Crippen LogP contribution in [0.1, 0.15) is 36.7 Å². The van der Waals surface area contributed by atoms with Gasteiger partial charge in [-0.2, -0.15) is 10.4 Å². The fourth-order valence-electron chi connectivity index (χ4n) is 2.69. The number of esters is 1. The number of carbonyl (C=O) groups excluding carboxylic acids is 2. The highest BCUT2D eigenvalue weighted by atomic mass is 16.5. The van der Waals surface area contributed by atoms with Crippen LogP contribution < -0.4 is 10.1 Å². The normalized spacial score (nSPS) is 10.2. The molecule has 0 fully saturated rings. The molecule has 0 saturated carbocycles. The second kappa shape index (κ2) is 8.81. The molecule has 0 aliphatic carbocycles. The number of aryl methyl sites for hydroxylation is 2. The first kappa shape index (κ1) is 19.2. The Morgan fingerprint density at radius 2 is 1.96 bits per heavy atom. The Morgan fingerprint density at radius 1 is 1.27 bits per heavy atom. The summed E-state index contributed by atoms with van der Waals surface area (Å²) in [7, 11) is 0. The average molecular weight is 354 g/mol. The highest BCUT2D eigenvalue weighted by molar-refractivity contribution is 5.88. The van der Waals surface area contributed by atoms with Gasteiger partial charge < -0.3 is 10.1 Å². The Balaban J connectivity index is 1.92. The van der Waals surface area contributed by atoms with Crippen molar-refractivity contribution in [2.45, 2.75) is 46.6 Å². The van der Waals surface area contributed by atoms with Crippen LogP contribution in [0.15, 0.2) is 24.3 Å². The minimum absolute atomic E-state index is 0.157. The molecule has 1 heterocycles. The number of rotatable bonds is 7. The zero-order valence-electron chi connectivity index (χ0n) is 15.2. The number of nitrogens with zero attached hydrogens (tertiary/aromatic N) is 3. The summed E-state index contributed by atoms with van der Waals surface area (Å²) < 4.78 is 7.13. The van der Waals surface area contributed by atoms with Gasteiger partial charge in [-0.3, -0.25) is 14.3 Å². The maximum Gasteiger partial charge on any atom is 0.311 e. The molecule has 7 heteroatoms. The molecule has 0 atom stereocenters. The van der Waals surface area contributed by atoms with Gasteiger partial charge in [0.15, 0.2) is 0 Å². The SMILES string of the molecule is CC(=O)Nc1ccc(OC(=O)CCc2c(C)nn(CCC#N)c2C)cc1. The lowest BCUT2D eigenvalue weighted by molar-refractivity contribution is -0.134. The lowest BCUT2D eigenvalue weighted by atomic mass is 10.1. The second-order valence-electron chi connectivity index (χ2n) is 5.96. The molecule has 1 aromatic heterocycles. The highest BCUT2D eigenvalue weighted by Crippen LogP contribution is 2.18. The third-order valence-corrected chi connectivity index (χ3v) is 3.95. The van der Waals surface area contributed by atoms with Crippen LogP contribution in [0.3, 0.4) is 0 Å². The summed E-state index contributed by atoms with van der Waals surface area (Å²) in [6.45, 7) is 5.82. The van der Waals surface area contributed by atoms with Crippen LogP contribution in [0.2, 0.25) is 0 Å². The molecule has 1 aromatic carbocycles. The van der Waals surface area contributed by atoms with Crippen LogP contribution in [-0.2, 0) is 22.6 Å². The molecule has 1 amide bonds. The Bertz CT molecular complexity index is 832. The standard InChI is InChI=1S/C19H22N4O3/c1-13-18(14(2)23(22-13)12-4-11-20)9-10-19(25)26-17-7-5-16(6-8-17)21-15(3)24/h5-8H,4,9-10,12H2,1-3H3,(H,21,24). The van der Waals surface area contributed by atoms with Crippen molar-refractivity contribution in [1.82, 2.24) is 9.78 Å². The smallest absolute Gasteiger partial charge is 0.311 e. The second-order valence-corrected chi connectivity index (χ2v) is 5.96. The van der Waals surface area contributed by atoms with E-state index in [0.717, 1.165) is 17.0 Å². The van der Waals surface area contributed by atoms with E-state index in [4.69, 9.17) is 10.00 Å². The average Bonchev–Trinajstić information content (AvgIpc) is 2.86. The number of amides is 1. The summed E-state index contributed by atoms with van der Waals surface area (Å²) in [6, 6.07) is 8.74. The van der Waals surface area contributed by atoms with Crippen LogP contribution in [0.4, 0.5) is 5.69 Å². The van der Waals surface area contributed by atoms with Gasteiger partial charge in [-0.1, -0.05) is 0 Å². The van der Waals surface area contributed by atoms with E-state index in [1.165, 1.54) is 6.92 Å². The maximum atomic E-state index is 12.1. The number of anilines is 1. The fourth-order valence-corrected chi connectivity index (χ4v) is 2.69. The monoisotopic (exact) mass is 354 g/mol. The molecule has 0 spiro atoms. The highest BCUT2D eigenvalue weighted by Gasteiger charge is 2.14. The topological polar surface area (TPSA) is 97.0 Å². The summed E-state index contributed by atoms with van der Waals surface area (Å²) in [4.78, 5) is 23.1. The molecule has 0 aliphatic rings.